The molecule has 1 aliphatic rings. The van der Waals surface area contributed by atoms with E-state index in [4.69, 9.17) is 4.52 Å². The van der Waals surface area contributed by atoms with Crippen molar-refractivity contribution in [2.24, 2.45) is 0 Å². The Labute approximate surface area is 97.7 Å². The first kappa shape index (κ1) is 9.99. The maximum absolute atomic E-state index is 5.28. The van der Waals surface area contributed by atoms with Gasteiger partial charge in [0.15, 0.2) is 5.82 Å². The Bertz CT molecular complexity index is 465. The number of hydrogen-bond acceptors (Lipinski definition) is 5. The highest BCUT2D eigenvalue weighted by molar-refractivity contribution is 7.10. The number of rotatable bonds is 2. The summed E-state index contributed by atoms with van der Waals surface area (Å²) in [5.41, 5.74) is 0. The SMILES string of the molecule is Cc1noc([C@@H]2CNC[C@@H]2c2cccs2)n1. The molecule has 0 amide bonds. The topological polar surface area (TPSA) is 51.0 Å². The van der Waals surface area contributed by atoms with Gasteiger partial charge in [0.25, 0.3) is 0 Å². The molecule has 0 spiro atoms. The van der Waals surface area contributed by atoms with E-state index in [0.29, 0.717) is 17.7 Å². The fraction of sp³-hybridized carbons (Fsp3) is 0.455. The Balaban J connectivity index is 1.90. The Hall–Kier alpha value is -1.20. The normalized spacial score (nSPS) is 25.1. The third-order valence-corrected chi connectivity index (χ3v) is 3.99. The number of nitrogens with one attached hydrogen (secondary N) is 1. The lowest BCUT2D eigenvalue weighted by atomic mass is 9.94. The third-order valence-electron chi connectivity index (χ3n) is 2.98. The molecule has 1 N–H and O–H groups in total. The van der Waals surface area contributed by atoms with Crippen LogP contribution in [-0.4, -0.2) is 23.2 Å². The minimum atomic E-state index is 0.319. The molecule has 1 saturated heterocycles. The van der Waals surface area contributed by atoms with Crippen molar-refractivity contribution >= 4 is 11.3 Å². The second-order valence-electron chi connectivity index (χ2n) is 4.07. The zero-order valence-electron chi connectivity index (χ0n) is 9.01. The summed E-state index contributed by atoms with van der Waals surface area (Å²) in [5, 5.41) is 9.38. The molecule has 3 rings (SSSR count). The highest BCUT2D eigenvalue weighted by Gasteiger charge is 2.34. The van der Waals surface area contributed by atoms with E-state index in [1.54, 1.807) is 11.3 Å². The first-order valence-corrected chi connectivity index (χ1v) is 6.27. The second-order valence-corrected chi connectivity index (χ2v) is 5.05. The fourth-order valence-electron chi connectivity index (χ4n) is 2.20. The lowest BCUT2D eigenvalue weighted by Crippen LogP contribution is -2.08. The van der Waals surface area contributed by atoms with Gasteiger partial charge in [-0.15, -0.1) is 11.3 Å². The van der Waals surface area contributed by atoms with Gasteiger partial charge < -0.3 is 9.84 Å². The quantitative estimate of drug-likeness (QED) is 0.864. The van der Waals surface area contributed by atoms with Crippen LogP contribution in [-0.2, 0) is 0 Å². The van der Waals surface area contributed by atoms with E-state index in [1.807, 2.05) is 6.92 Å². The lowest BCUT2D eigenvalue weighted by Gasteiger charge is -2.12. The van der Waals surface area contributed by atoms with Crippen LogP contribution in [0.5, 0.6) is 0 Å². The van der Waals surface area contributed by atoms with Crippen LogP contribution < -0.4 is 5.32 Å². The van der Waals surface area contributed by atoms with Gasteiger partial charge in [-0.2, -0.15) is 4.98 Å². The number of aryl methyl sites for hydroxylation is 1. The van der Waals surface area contributed by atoms with E-state index in [0.717, 1.165) is 19.0 Å². The lowest BCUT2D eigenvalue weighted by molar-refractivity contribution is 0.349. The average Bonchev–Trinajstić information content (AvgIpc) is 2.96. The van der Waals surface area contributed by atoms with Crippen molar-refractivity contribution in [3.8, 4) is 0 Å². The van der Waals surface area contributed by atoms with Gasteiger partial charge >= 0.3 is 0 Å². The smallest absolute Gasteiger partial charge is 0.231 e. The highest BCUT2D eigenvalue weighted by atomic mass is 32.1. The van der Waals surface area contributed by atoms with Gasteiger partial charge in [-0.1, -0.05) is 11.2 Å². The highest BCUT2D eigenvalue weighted by Crippen LogP contribution is 2.36. The van der Waals surface area contributed by atoms with Crippen molar-refractivity contribution in [3.05, 3.63) is 34.1 Å². The van der Waals surface area contributed by atoms with Gasteiger partial charge in [-0.3, -0.25) is 0 Å². The molecule has 0 unspecified atom stereocenters. The van der Waals surface area contributed by atoms with Crippen molar-refractivity contribution in [2.45, 2.75) is 18.8 Å². The van der Waals surface area contributed by atoms with Crippen molar-refractivity contribution in [2.75, 3.05) is 13.1 Å². The molecular weight excluding hydrogens is 222 g/mol. The molecule has 2 atom stereocenters. The van der Waals surface area contributed by atoms with Gasteiger partial charge in [0.2, 0.25) is 5.89 Å². The average molecular weight is 235 g/mol. The Morgan fingerprint density at radius 2 is 2.31 bits per heavy atom. The van der Waals surface area contributed by atoms with Gasteiger partial charge in [0.05, 0.1) is 5.92 Å². The molecule has 5 heteroatoms. The van der Waals surface area contributed by atoms with Gasteiger partial charge in [-0.05, 0) is 18.4 Å². The van der Waals surface area contributed by atoms with Crippen LogP contribution in [0.1, 0.15) is 28.4 Å². The van der Waals surface area contributed by atoms with Crippen molar-refractivity contribution in [1.29, 1.82) is 0 Å². The van der Waals surface area contributed by atoms with Crippen LogP contribution in [0.25, 0.3) is 0 Å². The monoisotopic (exact) mass is 235 g/mol. The first-order valence-electron chi connectivity index (χ1n) is 5.39. The van der Waals surface area contributed by atoms with Crippen LogP contribution in [0.15, 0.2) is 22.0 Å². The van der Waals surface area contributed by atoms with E-state index < -0.39 is 0 Å². The molecule has 0 aromatic carbocycles. The van der Waals surface area contributed by atoms with E-state index >= 15 is 0 Å². The molecule has 16 heavy (non-hydrogen) atoms. The predicted octanol–water partition coefficient (Wildman–Crippen LogP) is 1.91. The minimum absolute atomic E-state index is 0.319. The Morgan fingerprint density at radius 1 is 1.44 bits per heavy atom. The number of aromatic nitrogens is 2. The summed E-state index contributed by atoms with van der Waals surface area (Å²) in [4.78, 5) is 5.73. The zero-order valence-corrected chi connectivity index (χ0v) is 9.83. The summed E-state index contributed by atoms with van der Waals surface area (Å²) in [6, 6.07) is 4.27. The third kappa shape index (κ3) is 1.66. The van der Waals surface area contributed by atoms with Crippen LogP contribution in [0, 0.1) is 6.92 Å². The Kier molecular flexibility index (Phi) is 2.49. The molecule has 2 aromatic rings. The predicted molar refractivity (Wildman–Crippen MR) is 61.7 cm³/mol. The Morgan fingerprint density at radius 3 is 3.00 bits per heavy atom. The van der Waals surface area contributed by atoms with Crippen molar-refractivity contribution < 1.29 is 4.52 Å². The fourth-order valence-corrected chi connectivity index (χ4v) is 3.10. The maximum atomic E-state index is 5.28. The van der Waals surface area contributed by atoms with Gasteiger partial charge in [0.1, 0.15) is 0 Å². The van der Waals surface area contributed by atoms with Crippen molar-refractivity contribution in [1.82, 2.24) is 15.5 Å². The van der Waals surface area contributed by atoms with Crippen LogP contribution in [0.3, 0.4) is 0 Å². The molecule has 1 aliphatic heterocycles. The second kappa shape index (κ2) is 3.99. The molecule has 0 aliphatic carbocycles. The summed E-state index contributed by atoms with van der Waals surface area (Å²) >= 11 is 1.80. The standard InChI is InChI=1S/C11H13N3OS/c1-7-13-11(15-14-7)9-6-12-5-8(9)10-3-2-4-16-10/h2-4,8-9,12H,5-6H2,1H3/t8-,9+/m0/s1. The zero-order chi connectivity index (χ0) is 11.0. The summed E-state index contributed by atoms with van der Waals surface area (Å²) in [6.45, 7) is 3.77. The van der Waals surface area contributed by atoms with Crippen LogP contribution >= 0.6 is 11.3 Å². The number of nitrogens with zero attached hydrogens (tertiary/aromatic N) is 2. The molecule has 3 heterocycles. The van der Waals surface area contributed by atoms with E-state index in [1.165, 1.54) is 4.88 Å². The van der Waals surface area contributed by atoms with Gasteiger partial charge in [0, 0.05) is 23.9 Å². The molecule has 0 saturated carbocycles. The summed E-state index contributed by atoms with van der Waals surface area (Å²) < 4.78 is 5.28. The van der Waals surface area contributed by atoms with Crippen molar-refractivity contribution in [3.63, 3.8) is 0 Å². The van der Waals surface area contributed by atoms with Crippen LogP contribution in [0.2, 0.25) is 0 Å². The van der Waals surface area contributed by atoms with Gasteiger partial charge in [-0.25, -0.2) is 0 Å². The number of hydrogen-bond donors (Lipinski definition) is 1. The maximum Gasteiger partial charge on any atom is 0.231 e. The molecule has 0 bridgehead atoms. The molecule has 0 radical (unpaired) electrons. The molecule has 84 valence electrons. The summed E-state index contributed by atoms with van der Waals surface area (Å²) in [5.74, 6) is 2.27. The molecule has 4 nitrogen and oxygen atoms in total. The summed E-state index contributed by atoms with van der Waals surface area (Å²) in [7, 11) is 0. The van der Waals surface area contributed by atoms with E-state index in [9.17, 15) is 0 Å². The van der Waals surface area contributed by atoms with E-state index in [-0.39, 0.29) is 0 Å². The first-order chi connectivity index (χ1) is 7.84. The summed E-state index contributed by atoms with van der Waals surface area (Å²) in [6.07, 6.45) is 0. The van der Waals surface area contributed by atoms with E-state index in [2.05, 4.69) is 33.0 Å². The molecule has 1 fully saturated rings. The van der Waals surface area contributed by atoms with Crippen LogP contribution in [0.4, 0.5) is 0 Å². The molecule has 2 aromatic heterocycles. The molecular formula is C11H13N3OS. The minimum Gasteiger partial charge on any atom is -0.339 e. The largest absolute Gasteiger partial charge is 0.339 e. The number of thiophene rings is 1.